The maximum Gasteiger partial charge on any atom is 0.187 e. The Morgan fingerprint density at radius 2 is 1.02 bits per heavy atom. The van der Waals surface area contributed by atoms with E-state index in [0.717, 1.165) is 42.8 Å². The van der Waals surface area contributed by atoms with E-state index in [-0.39, 0.29) is 10.8 Å². The van der Waals surface area contributed by atoms with Crippen molar-refractivity contribution in [3.63, 3.8) is 0 Å². The highest BCUT2D eigenvalue weighted by molar-refractivity contribution is 9.11. The first kappa shape index (κ1) is 28.9. The highest BCUT2D eigenvalue weighted by atomic mass is 79.9. The lowest BCUT2D eigenvalue weighted by Gasteiger charge is -2.30. The van der Waals surface area contributed by atoms with E-state index in [2.05, 4.69) is 158 Å². The van der Waals surface area contributed by atoms with Crippen molar-refractivity contribution in [2.24, 2.45) is 0 Å². The van der Waals surface area contributed by atoms with Crippen molar-refractivity contribution in [1.82, 2.24) is 0 Å². The van der Waals surface area contributed by atoms with E-state index in [1.165, 1.54) is 44.5 Å². The van der Waals surface area contributed by atoms with Crippen LogP contribution in [-0.4, -0.2) is 13.2 Å². The Morgan fingerprint density at radius 3 is 1.57 bits per heavy atom. The summed E-state index contributed by atoms with van der Waals surface area (Å²) in [7, 11) is 0. The fourth-order valence-electron chi connectivity index (χ4n) is 7.98. The summed E-state index contributed by atoms with van der Waals surface area (Å²) < 4.78 is 13.0. The Bertz CT molecular complexity index is 2120. The number of hydrogen-bond donors (Lipinski definition) is 0. The molecular weight excluding hydrogens is 662 g/mol. The van der Waals surface area contributed by atoms with Crippen molar-refractivity contribution < 1.29 is 9.47 Å². The average molecular weight is 697 g/mol. The SMILES string of the molecule is CC1(C)c2ccccc2-c2ccc(N(c3ccc(-c4sc(Br)c5c4OCCO5)cc3)c3ccc4c(c3)C(C)(C)c3ccccc3-4)cc21. The van der Waals surface area contributed by atoms with Crippen LogP contribution in [0.2, 0.25) is 0 Å². The van der Waals surface area contributed by atoms with Crippen LogP contribution in [0.25, 0.3) is 32.7 Å². The third-order valence-electron chi connectivity index (χ3n) is 10.4. The summed E-state index contributed by atoms with van der Waals surface area (Å²) in [5, 5.41) is 0. The Balaban J connectivity index is 1.20. The molecule has 0 atom stereocenters. The zero-order chi connectivity index (χ0) is 32.1. The lowest BCUT2D eigenvalue weighted by atomic mass is 9.82. The van der Waals surface area contributed by atoms with Gasteiger partial charge in [-0.2, -0.15) is 0 Å². The molecular formula is C42H34BrNO2S. The summed E-state index contributed by atoms with van der Waals surface area (Å²) in [5.41, 5.74) is 15.2. The molecule has 9 rings (SSSR count). The Hall–Kier alpha value is -4.32. The van der Waals surface area contributed by atoms with Gasteiger partial charge in [0.05, 0.1) is 4.88 Å². The second-order valence-corrected chi connectivity index (χ2v) is 16.1. The number of halogens is 1. The van der Waals surface area contributed by atoms with Crippen LogP contribution in [0.15, 0.2) is 113 Å². The smallest absolute Gasteiger partial charge is 0.187 e. The molecule has 0 amide bonds. The Labute approximate surface area is 288 Å². The van der Waals surface area contributed by atoms with Gasteiger partial charge in [0.1, 0.15) is 17.0 Å². The van der Waals surface area contributed by atoms with Crippen LogP contribution >= 0.6 is 27.3 Å². The first-order valence-electron chi connectivity index (χ1n) is 16.2. The molecule has 0 spiro atoms. The maximum absolute atomic E-state index is 6.07. The van der Waals surface area contributed by atoms with Crippen molar-refractivity contribution in [2.45, 2.75) is 38.5 Å². The predicted octanol–water partition coefficient (Wildman–Crippen LogP) is 12.0. The fourth-order valence-corrected chi connectivity index (χ4v) is 9.68. The molecule has 5 aromatic carbocycles. The standard InChI is InChI=1S/C42H34BrNO2S/c1-41(2)33-11-7-5-9-29(33)31-19-17-27(23-35(31)41)44(28-18-20-32-30-10-6-8-12-34(30)42(3,4)36(32)24-28)26-15-13-25(14-16-26)39-37-38(40(43)47-39)46-22-21-45-37/h5-20,23-24H,21-22H2,1-4H3. The van der Waals surface area contributed by atoms with Crippen LogP contribution in [0.1, 0.15) is 49.9 Å². The Morgan fingerprint density at radius 1 is 0.553 bits per heavy atom. The maximum atomic E-state index is 6.07. The van der Waals surface area contributed by atoms with Gasteiger partial charge < -0.3 is 14.4 Å². The van der Waals surface area contributed by atoms with E-state index >= 15 is 0 Å². The number of benzene rings is 5. The largest absolute Gasteiger partial charge is 0.485 e. The molecule has 0 saturated heterocycles. The number of ether oxygens (including phenoxy) is 2. The van der Waals surface area contributed by atoms with E-state index in [1.54, 1.807) is 11.3 Å². The zero-order valence-electron chi connectivity index (χ0n) is 26.9. The quantitative estimate of drug-likeness (QED) is 0.183. The number of fused-ring (bicyclic) bond motifs is 7. The normalized spacial score (nSPS) is 15.9. The number of anilines is 3. The molecule has 0 unspecified atom stereocenters. The molecule has 232 valence electrons. The van der Waals surface area contributed by atoms with Gasteiger partial charge in [0.25, 0.3) is 0 Å². The van der Waals surface area contributed by atoms with Crippen molar-refractivity contribution in [3.05, 3.63) is 135 Å². The minimum atomic E-state index is -0.0905. The molecule has 3 nitrogen and oxygen atoms in total. The minimum Gasteiger partial charge on any atom is -0.485 e. The van der Waals surface area contributed by atoms with E-state index in [4.69, 9.17) is 9.47 Å². The topological polar surface area (TPSA) is 21.7 Å². The van der Waals surface area contributed by atoms with Crippen molar-refractivity contribution in [2.75, 3.05) is 18.1 Å². The predicted molar refractivity (Wildman–Crippen MR) is 198 cm³/mol. The molecule has 2 aliphatic carbocycles. The molecule has 0 saturated carbocycles. The highest BCUT2D eigenvalue weighted by Gasteiger charge is 2.37. The molecule has 6 aromatic rings. The number of nitrogens with zero attached hydrogens (tertiary/aromatic N) is 1. The second kappa shape index (κ2) is 10.3. The summed E-state index contributed by atoms with van der Waals surface area (Å²) in [6.45, 7) is 10.5. The monoisotopic (exact) mass is 695 g/mol. The third-order valence-corrected chi connectivity index (χ3v) is 12.2. The number of rotatable bonds is 4. The van der Waals surface area contributed by atoms with Crippen LogP contribution in [0.4, 0.5) is 17.1 Å². The number of thiophene rings is 1. The van der Waals surface area contributed by atoms with Gasteiger partial charge in [-0.05, 0) is 102 Å². The summed E-state index contributed by atoms with van der Waals surface area (Å²) in [4.78, 5) is 3.50. The molecule has 0 radical (unpaired) electrons. The van der Waals surface area contributed by atoms with Gasteiger partial charge >= 0.3 is 0 Å². The summed E-state index contributed by atoms with van der Waals surface area (Å²) in [6.07, 6.45) is 0. The molecule has 47 heavy (non-hydrogen) atoms. The Kier molecular flexibility index (Phi) is 6.35. The molecule has 3 aliphatic rings. The van der Waals surface area contributed by atoms with Gasteiger partial charge in [0.2, 0.25) is 0 Å². The van der Waals surface area contributed by atoms with Gasteiger partial charge in [-0.15, -0.1) is 11.3 Å². The van der Waals surface area contributed by atoms with Crippen LogP contribution in [0, 0.1) is 0 Å². The molecule has 0 fully saturated rings. The first-order valence-corrected chi connectivity index (χ1v) is 17.8. The molecule has 1 aliphatic heterocycles. The van der Waals surface area contributed by atoms with Gasteiger partial charge in [-0.25, -0.2) is 0 Å². The molecule has 2 heterocycles. The summed E-state index contributed by atoms with van der Waals surface area (Å²) in [5.74, 6) is 1.64. The zero-order valence-corrected chi connectivity index (χ0v) is 29.3. The van der Waals surface area contributed by atoms with E-state index in [9.17, 15) is 0 Å². The van der Waals surface area contributed by atoms with E-state index in [1.807, 2.05) is 0 Å². The summed E-state index contributed by atoms with van der Waals surface area (Å²) >= 11 is 5.35. The highest BCUT2D eigenvalue weighted by Crippen LogP contribution is 2.54. The van der Waals surface area contributed by atoms with Crippen LogP contribution in [0.3, 0.4) is 0 Å². The van der Waals surface area contributed by atoms with Crippen molar-refractivity contribution in [1.29, 1.82) is 0 Å². The van der Waals surface area contributed by atoms with E-state index in [0.29, 0.717) is 13.2 Å². The van der Waals surface area contributed by atoms with Crippen molar-refractivity contribution >= 4 is 44.3 Å². The molecule has 5 heteroatoms. The van der Waals surface area contributed by atoms with Crippen LogP contribution < -0.4 is 14.4 Å². The van der Waals surface area contributed by atoms with Crippen molar-refractivity contribution in [3.8, 4) is 44.2 Å². The van der Waals surface area contributed by atoms with Crippen LogP contribution in [0.5, 0.6) is 11.5 Å². The lowest BCUT2D eigenvalue weighted by molar-refractivity contribution is 0.173. The van der Waals surface area contributed by atoms with Gasteiger partial charge in [0.15, 0.2) is 11.5 Å². The average Bonchev–Trinajstić information content (AvgIpc) is 3.64. The summed E-state index contributed by atoms with van der Waals surface area (Å²) in [6, 6.07) is 40.6. The minimum absolute atomic E-state index is 0.0905. The van der Waals surface area contributed by atoms with Gasteiger partial charge in [-0.3, -0.25) is 0 Å². The molecule has 1 aromatic heterocycles. The van der Waals surface area contributed by atoms with E-state index < -0.39 is 0 Å². The van der Waals surface area contributed by atoms with Gasteiger partial charge in [0, 0.05) is 27.9 Å². The van der Waals surface area contributed by atoms with Gasteiger partial charge in [-0.1, -0.05) is 100 Å². The fraction of sp³-hybridized carbons (Fsp3) is 0.190. The first-order chi connectivity index (χ1) is 22.7. The second-order valence-electron chi connectivity index (χ2n) is 13.7. The van der Waals surface area contributed by atoms with Crippen LogP contribution in [-0.2, 0) is 10.8 Å². The number of hydrogen-bond acceptors (Lipinski definition) is 4. The molecule has 0 N–H and O–H groups in total. The molecule has 0 bridgehead atoms. The lowest BCUT2D eigenvalue weighted by Crippen LogP contribution is -2.18. The third kappa shape index (κ3) is 4.22.